The highest BCUT2D eigenvalue weighted by molar-refractivity contribution is 6.00. The Kier molecular flexibility index (Phi) is 8.31. The van der Waals surface area contributed by atoms with Crippen molar-refractivity contribution < 1.29 is 28.2 Å². The molecular weight excluding hydrogens is 478 g/mol. The molecule has 1 heterocycles. The number of halogens is 2. The number of aliphatic hydroxyl groups is 1. The third kappa shape index (κ3) is 6.99. The third-order valence-electron chi connectivity index (χ3n) is 6.44. The second-order valence-corrected chi connectivity index (χ2v) is 9.50. The molecule has 0 aliphatic carbocycles. The number of nitrogens with one attached hydrogen (secondary N) is 2. The lowest BCUT2D eigenvalue weighted by atomic mass is 9.94. The molecule has 6 nitrogen and oxygen atoms in total. The zero-order valence-electron chi connectivity index (χ0n) is 20.7. The van der Waals surface area contributed by atoms with Gasteiger partial charge in [-0.1, -0.05) is 18.2 Å². The first kappa shape index (κ1) is 26.4. The Balaban J connectivity index is 1.54. The number of Topliss-reactive ketones (excluding diaryl/α,β-unsaturated/α-hetero) is 1. The van der Waals surface area contributed by atoms with Gasteiger partial charge < -0.3 is 20.5 Å². The molecule has 194 valence electrons. The summed E-state index contributed by atoms with van der Waals surface area (Å²) >= 11 is 0. The summed E-state index contributed by atoms with van der Waals surface area (Å²) in [7, 11) is 0. The predicted octanol–water partition coefficient (Wildman–Crippen LogP) is 3.99. The summed E-state index contributed by atoms with van der Waals surface area (Å²) in [6.07, 6.45) is -0.814. The van der Waals surface area contributed by atoms with Crippen LogP contribution in [0.2, 0.25) is 0 Å². The first-order valence-corrected chi connectivity index (χ1v) is 12.2. The van der Waals surface area contributed by atoms with E-state index >= 15 is 0 Å². The van der Waals surface area contributed by atoms with Crippen LogP contribution in [-0.4, -0.2) is 47.6 Å². The number of hydrogen-bond donors (Lipinski definition) is 3. The van der Waals surface area contributed by atoms with Crippen LogP contribution in [-0.2, 0) is 6.42 Å². The molecule has 37 heavy (non-hydrogen) atoms. The Bertz CT molecular complexity index is 1250. The quantitative estimate of drug-likeness (QED) is 0.381. The van der Waals surface area contributed by atoms with Gasteiger partial charge in [0.1, 0.15) is 23.5 Å². The fourth-order valence-corrected chi connectivity index (χ4v) is 4.66. The molecule has 8 heteroatoms. The average molecular weight is 509 g/mol. The maximum atomic E-state index is 13.9. The Hall–Kier alpha value is -3.62. The summed E-state index contributed by atoms with van der Waals surface area (Å²) in [5.74, 6) is -1.44. The number of hydrogen-bond acceptors (Lipinski definition) is 5. The van der Waals surface area contributed by atoms with Crippen molar-refractivity contribution in [3.8, 4) is 5.75 Å². The van der Waals surface area contributed by atoms with Gasteiger partial charge in [0.15, 0.2) is 5.78 Å². The van der Waals surface area contributed by atoms with Crippen LogP contribution in [0, 0.1) is 18.6 Å². The van der Waals surface area contributed by atoms with Crippen LogP contribution >= 0.6 is 0 Å². The van der Waals surface area contributed by atoms with Crippen molar-refractivity contribution >= 4 is 11.7 Å². The van der Waals surface area contributed by atoms with Gasteiger partial charge in [-0.05, 0) is 73.9 Å². The Labute approximate surface area is 214 Å². The number of ether oxygens (including phenoxy) is 1. The van der Waals surface area contributed by atoms with Gasteiger partial charge in [0.25, 0.3) is 5.91 Å². The maximum absolute atomic E-state index is 13.9. The normalized spacial score (nSPS) is 18.7. The van der Waals surface area contributed by atoms with E-state index in [0.717, 1.165) is 11.6 Å². The number of carbonyl (C=O) groups excluding carboxylic acids is 2. The lowest BCUT2D eigenvalue weighted by molar-refractivity contribution is 0.0720. The fraction of sp³-hybridized carbons (Fsp3) is 0.310. The van der Waals surface area contributed by atoms with Crippen LogP contribution in [0.15, 0.2) is 66.7 Å². The van der Waals surface area contributed by atoms with Gasteiger partial charge in [0.2, 0.25) is 0 Å². The minimum Gasteiger partial charge on any atom is -0.489 e. The molecule has 0 radical (unpaired) electrons. The molecule has 0 aromatic heterocycles. The van der Waals surface area contributed by atoms with Crippen LogP contribution in [0.5, 0.6) is 5.75 Å². The molecular formula is C29H30F2N2O4. The van der Waals surface area contributed by atoms with Gasteiger partial charge in [-0.15, -0.1) is 0 Å². The SMILES string of the molecule is CC(=O)c1cc(C)cc(C(=O)N[C@@H](Cc2cc(F)cc(F)c2)[C@H](O)[C@H]2C[C@@H](Oc3ccccc3)CN2)c1. The smallest absolute Gasteiger partial charge is 0.251 e. The van der Waals surface area contributed by atoms with E-state index in [9.17, 15) is 23.5 Å². The highest BCUT2D eigenvalue weighted by Crippen LogP contribution is 2.22. The van der Waals surface area contributed by atoms with Crippen molar-refractivity contribution in [2.24, 2.45) is 0 Å². The molecule has 0 spiro atoms. The van der Waals surface area contributed by atoms with Crippen LogP contribution in [0.25, 0.3) is 0 Å². The van der Waals surface area contributed by atoms with Crippen LogP contribution in [0.3, 0.4) is 0 Å². The third-order valence-corrected chi connectivity index (χ3v) is 6.44. The Morgan fingerprint density at radius 1 is 1.05 bits per heavy atom. The largest absolute Gasteiger partial charge is 0.489 e. The summed E-state index contributed by atoms with van der Waals surface area (Å²) < 4.78 is 33.8. The monoisotopic (exact) mass is 508 g/mol. The second-order valence-electron chi connectivity index (χ2n) is 9.50. The fourth-order valence-electron chi connectivity index (χ4n) is 4.66. The highest BCUT2D eigenvalue weighted by atomic mass is 19.1. The number of aliphatic hydroxyl groups excluding tert-OH is 1. The number of carbonyl (C=O) groups is 2. The number of para-hydroxylation sites is 1. The van der Waals surface area contributed by atoms with E-state index < -0.39 is 35.7 Å². The van der Waals surface area contributed by atoms with Crippen molar-refractivity contribution in [3.05, 3.63) is 101 Å². The van der Waals surface area contributed by atoms with Crippen LogP contribution < -0.4 is 15.4 Å². The summed E-state index contributed by atoms with van der Waals surface area (Å²) in [5, 5.41) is 17.4. The minimum atomic E-state index is -1.09. The van der Waals surface area contributed by atoms with E-state index in [0.29, 0.717) is 29.8 Å². The Morgan fingerprint density at radius 2 is 1.73 bits per heavy atom. The summed E-state index contributed by atoms with van der Waals surface area (Å²) in [6, 6.07) is 16.0. The van der Waals surface area contributed by atoms with Crippen molar-refractivity contribution in [1.29, 1.82) is 0 Å². The standard InChI is InChI=1S/C29H30F2N2O4/c1-17-8-20(18(2)34)13-21(9-17)29(36)33-27(12-19-10-22(30)14-23(31)11-19)28(35)26-15-25(16-32-26)37-24-6-4-3-5-7-24/h3-11,13-14,25-28,32,35H,12,15-16H2,1-2H3,(H,33,36)/t25-,26-,27+,28-/m1/s1. The molecule has 3 aromatic carbocycles. The molecule has 4 rings (SSSR count). The highest BCUT2D eigenvalue weighted by Gasteiger charge is 2.36. The number of ketones is 1. The molecule has 1 saturated heterocycles. The van der Waals surface area contributed by atoms with Gasteiger partial charge in [0.05, 0.1) is 12.1 Å². The second kappa shape index (κ2) is 11.6. The van der Waals surface area contributed by atoms with Crippen molar-refractivity contribution in [1.82, 2.24) is 10.6 Å². The van der Waals surface area contributed by atoms with E-state index in [1.807, 2.05) is 30.3 Å². The van der Waals surface area contributed by atoms with Crippen LogP contribution in [0.1, 0.15) is 45.2 Å². The summed E-state index contributed by atoms with van der Waals surface area (Å²) in [4.78, 5) is 25.1. The zero-order valence-corrected chi connectivity index (χ0v) is 20.7. The first-order valence-electron chi connectivity index (χ1n) is 12.2. The predicted molar refractivity (Wildman–Crippen MR) is 136 cm³/mol. The van der Waals surface area contributed by atoms with Gasteiger partial charge >= 0.3 is 0 Å². The number of benzene rings is 3. The topological polar surface area (TPSA) is 87.7 Å². The number of aryl methyl sites for hydroxylation is 1. The van der Waals surface area contributed by atoms with E-state index in [1.54, 1.807) is 19.1 Å². The van der Waals surface area contributed by atoms with Gasteiger partial charge in [0, 0.05) is 36.2 Å². The summed E-state index contributed by atoms with van der Waals surface area (Å²) in [5.41, 5.74) is 1.69. The van der Waals surface area contributed by atoms with Gasteiger partial charge in [-0.25, -0.2) is 8.78 Å². The Morgan fingerprint density at radius 3 is 2.41 bits per heavy atom. The van der Waals surface area contributed by atoms with Crippen molar-refractivity contribution in [2.75, 3.05) is 6.54 Å². The van der Waals surface area contributed by atoms with Crippen molar-refractivity contribution in [2.45, 2.75) is 51.0 Å². The molecule has 0 unspecified atom stereocenters. The lowest BCUT2D eigenvalue weighted by Crippen LogP contribution is -2.52. The van der Waals surface area contributed by atoms with E-state index in [1.165, 1.54) is 25.1 Å². The average Bonchev–Trinajstić information content (AvgIpc) is 3.31. The molecule has 1 amide bonds. The van der Waals surface area contributed by atoms with Crippen LogP contribution in [0.4, 0.5) is 8.78 Å². The van der Waals surface area contributed by atoms with Gasteiger partial charge in [-0.2, -0.15) is 0 Å². The molecule has 1 aliphatic heterocycles. The molecule has 0 saturated carbocycles. The molecule has 3 aromatic rings. The molecule has 0 bridgehead atoms. The minimum absolute atomic E-state index is 0.00461. The lowest BCUT2D eigenvalue weighted by Gasteiger charge is -2.29. The molecule has 1 fully saturated rings. The summed E-state index contributed by atoms with van der Waals surface area (Å²) in [6.45, 7) is 3.69. The van der Waals surface area contributed by atoms with E-state index in [-0.39, 0.29) is 23.9 Å². The van der Waals surface area contributed by atoms with E-state index in [4.69, 9.17) is 4.74 Å². The number of amides is 1. The van der Waals surface area contributed by atoms with E-state index in [2.05, 4.69) is 10.6 Å². The molecule has 4 atom stereocenters. The number of rotatable bonds is 9. The molecule has 1 aliphatic rings. The first-order chi connectivity index (χ1) is 17.7. The molecule has 3 N–H and O–H groups in total. The zero-order chi connectivity index (χ0) is 26.5. The van der Waals surface area contributed by atoms with Gasteiger partial charge in [-0.3, -0.25) is 9.59 Å². The van der Waals surface area contributed by atoms with Crippen molar-refractivity contribution in [3.63, 3.8) is 0 Å². The maximum Gasteiger partial charge on any atom is 0.251 e.